The molecule has 0 amide bonds. The summed E-state index contributed by atoms with van der Waals surface area (Å²) in [6.45, 7) is -3.33. The Labute approximate surface area is 566 Å². The van der Waals surface area contributed by atoms with Gasteiger partial charge in [0.05, 0.1) is 45.2 Å². The molecule has 5 aliphatic rings. The van der Waals surface area contributed by atoms with Crippen molar-refractivity contribution in [3.05, 3.63) is 111 Å². The van der Waals surface area contributed by atoms with Gasteiger partial charge in [-0.3, -0.25) is 88.4 Å². The van der Waals surface area contributed by atoms with Crippen molar-refractivity contribution < 1.29 is 117 Å². The summed E-state index contributed by atoms with van der Waals surface area (Å²) < 4.78 is 151. The van der Waals surface area contributed by atoms with Crippen LogP contribution in [0.5, 0.6) is 0 Å². The average Bonchev–Trinajstić information content (AvgIpc) is 1.64. The molecule has 0 aliphatic carbocycles. The smallest absolute Gasteiger partial charge is 0.390 e. The van der Waals surface area contributed by atoms with Crippen molar-refractivity contribution in [2.45, 2.75) is 131 Å². The van der Waals surface area contributed by atoms with Crippen molar-refractivity contribution in [3.8, 4) is 0 Å². The molecule has 0 bridgehead atoms. The Balaban J connectivity index is 0.746. The van der Waals surface area contributed by atoms with Crippen LogP contribution in [0, 0.1) is 6.92 Å². The van der Waals surface area contributed by atoms with Crippen LogP contribution < -0.4 is 56.7 Å². The minimum Gasteiger partial charge on any atom is -0.390 e. The normalized spacial score (nSPS) is 29.3. The molecule has 5 unspecified atom stereocenters. The second-order valence-electron chi connectivity index (χ2n) is 23.2. The molecule has 17 N–H and O–H groups in total. The first kappa shape index (κ1) is 74.3. The molecular weight excluding hydrogens is 1480 g/mol. The number of nitrogens with zero attached hydrogens (tertiary/aromatic N) is 11. The maximum absolute atomic E-state index is 14.2. The number of nitrogen functional groups attached to an aromatic ring is 4. The second kappa shape index (κ2) is 29.6. The van der Waals surface area contributed by atoms with Gasteiger partial charge in [-0.05, 0) is 19.1 Å². The third-order valence-corrected chi connectivity index (χ3v) is 20.7. The van der Waals surface area contributed by atoms with Crippen LogP contribution in [0.1, 0.15) is 68.8 Å². The van der Waals surface area contributed by atoms with Gasteiger partial charge in [0.2, 0.25) is 11.9 Å². The summed E-state index contributed by atoms with van der Waals surface area (Å²) in [5.41, 5.74) is 17.3. The lowest BCUT2D eigenvalue weighted by Crippen LogP contribution is -2.33. The number of phosphoric ester groups is 4. The molecule has 5 saturated heterocycles. The number of aliphatic hydroxyl groups is 1. The number of aliphatic hydroxyl groups excluding tert-OH is 1. The molecular formula is C48H62N18O31P5+. The summed E-state index contributed by atoms with van der Waals surface area (Å²) in [5, 5.41) is 10.8. The lowest BCUT2D eigenvalue weighted by atomic mass is 10.2. The third-order valence-electron chi connectivity index (χ3n) is 16.3. The molecule has 54 heteroatoms. The van der Waals surface area contributed by atoms with Gasteiger partial charge in [0.25, 0.3) is 16.7 Å². The van der Waals surface area contributed by atoms with Crippen LogP contribution >= 0.6 is 39.5 Å². The number of ether oxygens (including phenoxy) is 5. The predicted molar refractivity (Wildman–Crippen MR) is 334 cm³/mol. The van der Waals surface area contributed by atoms with E-state index >= 15 is 0 Å². The van der Waals surface area contributed by atoms with E-state index in [1.54, 1.807) is 0 Å². The van der Waals surface area contributed by atoms with Crippen molar-refractivity contribution in [2.24, 2.45) is 0 Å². The van der Waals surface area contributed by atoms with Crippen molar-refractivity contribution >= 4 is 85.4 Å². The Bertz CT molecular complexity index is 4920. The molecule has 0 aromatic carbocycles. The summed E-state index contributed by atoms with van der Waals surface area (Å²) in [7, 11) is -25.1. The van der Waals surface area contributed by atoms with Crippen LogP contribution in [0.3, 0.4) is 0 Å². The first-order chi connectivity index (χ1) is 48.1. The molecule has 0 radical (unpaired) electrons. The van der Waals surface area contributed by atoms with E-state index in [0.717, 1.165) is 37.1 Å². The SMILES string of the molecule is Cc1cn([C@H]2C[C@H](O)[C@@H](COP(=O)(O)O[C@H]3C[C@H](n4cnc5c(=O)[nH]c(N)nc54)O[C@@H]3COP(=O)(O)O[C@H]3C[C@H](n4ccc(N)nc4=O)O[C@@H]3COP(=O)(O)O[C@H]3C[C@H](n4cnc5c(=O)[nH]c(N)nc54)O[C@@H]3COP(=O)(O)O[C@H]3C[C@H](n4ccc(N)nc4=O)O[C@@H]3CO[P+](=O)O)O2)c(=O)[nH]c1=O. The van der Waals surface area contributed by atoms with E-state index < -0.39 is 218 Å². The predicted octanol–water partition coefficient (Wildman–Crippen LogP) is -2.57. The van der Waals surface area contributed by atoms with Gasteiger partial charge in [-0.25, -0.2) is 42.6 Å². The number of nitrogens with two attached hydrogens (primary N) is 4. The molecule has 12 heterocycles. The van der Waals surface area contributed by atoms with E-state index in [1.165, 1.54) is 36.0 Å². The fourth-order valence-corrected chi connectivity index (χ4v) is 15.7. The van der Waals surface area contributed by atoms with Crippen molar-refractivity contribution in [3.63, 3.8) is 0 Å². The number of imidazole rings is 2. The van der Waals surface area contributed by atoms with Gasteiger partial charge < -0.3 is 71.3 Å². The molecule has 0 saturated carbocycles. The van der Waals surface area contributed by atoms with Crippen LogP contribution in [0.25, 0.3) is 22.3 Å². The van der Waals surface area contributed by atoms with Crippen LogP contribution in [0.2, 0.25) is 0 Å². The van der Waals surface area contributed by atoms with E-state index in [9.17, 15) is 81.2 Å². The van der Waals surface area contributed by atoms with Gasteiger partial charge in [0, 0.05) is 60.8 Å². The van der Waals surface area contributed by atoms with Gasteiger partial charge in [-0.15, -0.1) is 9.42 Å². The maximum Gasteiger partial charge on any atom is 0.694 e. The first-order valence-electron chi connectivity index (χ1n) is 30.0. The Morgan fingerprint density at radius 1 is 0.510 bits per heavy atom. The van der Waals surface area contributed by atoms with Crippen LogP contribution in [-0.4, -0.2) is 191 Å². The first-order valence-corrected chi connectivity index (χ1v) is 37.1. The Kier molecular flexibility index (Phi) is 21.6. The van der Waals surface area contributed by atoms with E-state index in [4.69, 9.17) is 87.3 Å². The highest BCUT2D eigenvalue weighted by Gasteiger charge is 2.50. The average molecular weight is 1540 g/mol. The summed E-state index contributed by atoms with van der Waals surface area (Å²) in [4.78, 5) is 161. The number of rotatable bonds is 28. The molecule has 7 aromatic rings. The fraction of sp³-hybridized carbons (Fsp3) is 0.542. The zero-order valence-electron chi connectivity index (χ0n) is 52.1. The quantitative estimate of drug-likeness (QED) is 0.0224. The standard InChI is InChI=1S/C48H61N18O31P5/c1-19-11-64(48(73)61-41(19)68)32-6-20(67)25(89-32)13-85-99(76,77)96-23-9-35(65-17-53-37-39(65)57-44(51)59-42(37)69)92-28(23)16-88-101(80,81)95-22-8-34(63-5-3-31(50)56-47(63)72)91-27(22)14-86-102(82,83)97-24-10-36(66-18-54-38-40(66)58-45(52)60-43(38)70)93-29(24)15-87-100(78,79)94-21-7-33(90-26(21)12-84-98(74)75)62-4-2-30(49)55-46(62)71/h2-5,11,17-18,20-29,32-36,67H,6-10,12-16H2,1H3,(H15-,49,50,51,52,55,56,57,58,59,60,61,68,69,70,71,72,73,74,75,76,77,78,79,80,81,82,83)/p+1/t20-,21-,22-,23-,24-,25+,26+,27+,28+,29+,32+,33+,34+,35+,36+/m0/s1. The zero-order valence-corrected chi connectivity index (χ0v) is 56.6. The number of phosphoric acid groups is 4. The summed E-state index contributed by atoms with van der Waals surface area (Å²) in [5.74, 6) is -1.10. The largest absolute Gasteiger partial charge is 0.694 e. The van der Waals surface area contributed by atoms with Crippen LogP contribution in [0.4, 0.5) is 23.5 Å². The number of hydrogen-bond acceptors (Lipinski definition) is 36. The highest BCUT2D eigenvalue weighted by Crippen LogP contribution is 2.55. The lowest BCUT2D eigenvalue weighted by Gasteiger charge is -2.25. The number of hydrogen-bond donors (Lipinski definition) is 13. The van der Waals surface area contributed by atoms with Gasteiger partial charge >= 0.3 is 56.6 Å². The maximum atomic E-state index is 14.2. The molecule has 5 aliphatic heterocycles. The topological polar surface area (TPSA) is 692 Å². The molecule has 554 valence electrons. The fourth-order valence-electron chi connectivity index (χ4n) is 11.6. The van der Waals surface area contributed by atoms with E-state index in [0.29, 0.717) is 0 Å². The molecule has 0 spiro atoms. The minimum absolute atomic E-state index is 0.130. The lowest BCUT2D eigenvalue weighted by molar-refractivity contribution is -0.0639. The molecule has 5 fully saturated rings. The highest BCUT2D eigenvalue weighted by atomic mass is 31.2. The number of aryl methyl sites for hydroxylation is 1. The number of H-pyrrole nitrogens is 3. The Morgan fingerprint density at radius 2 is 0.863 bits per heavy atom. The zero-order chi connectivity index (χ0) is 73.1. The van der Waals surface area contributed by atoms with Gasteiger partial charge in [-0.2, -0.15) is 19.9 Å². The van der Waals surface area contributed by atoms with E-state index in [1.807, 2.05) is 0 Å². The second-order valence-corrected chi connectivity index (χ2v) is 29.5. The van der Waals surface area contributed by atoms with Gasteiger partial charge in [0.1, 0.15) is 104 Å². The minimum atomic E-state index is -5.56. The monoisotopic (exact) mass is 1540 g/mol. The highest BCUT2D eigenvalue weighted by molar-refractivity contribution is 7.48. The number of fused-ring (bicyclic) bond motifs is 2. The molecule has 7 aromatic heterocycles. The molecule has 49 nitrogen and oxygen atoms in total. The van der Waals surface area contributed by atoms with Gasteiger partial charge in [-0.1, -0.05) is 0 Å². The Morgan fingerprint density at radius 3 is 1.25 bits per heavy atom. The number of anilines is 4. The van der Waals surface area contributed by atoms with E-state index in [-0.39, 0.29) is 64.3 Å². The number of nitrogens with one attached hydrogen (secondary N) is 3. The summed E-state index contributed by atoms with van der Waals surface area (Å²) in [6, 6.07) is 2.44. The Hall–Kier alpha value is -7.44. The molecule has 12 rings (SSSR count). The molecule has 20 atom stereocenters. The van der Waals surface area contributed by atoms with Crippen LogP contribution in [-0.2, 0) is 87.2 Å². The van der Waals surface area contributed by atoms with Crippen LogP contribution in [0.15, 0.2) is 72.1 Å². The number of aromatic nitrogens is 14. The van der Waals surface area contributed by atoms with Crippen molar-refractivity contribution in [1.82, 2.24) is 67.7 Å². The third kappa shape index (κ3) is 17.0. The van der Waals surface area contributed by atoms with Crippen molar-refractivity contribution in [1.29, 1.82) is 0 Å². The molecule has 102 heavy (non-hydrogen) atoms. The van der Waals surface area contributed by atoms with E-state index in [2.05, 4.69) is 44.9 Å². The number of aromatic amines is 3. The van der Waals surface area contributed by atoms with Gasteiger partial charge in [0.15, 0.2) is 22.3 Å². The summed E-state index contributed by atoms with van der Waals surface area (Å²) in [6.07, 6.45) is -18.9. The summed E-state index contributed by atoms with van der Waals surface area (Å²) >= 11 is 0. The van der Waals surface area contributed by atoms with Crippen molar-refractivity contribution in [2.75, 3.05) is 56.0 Å².